The Morgan fingerprint density at radius 1 is 1.50 bits per heavy atom. The molecule has 0 amide bonds. The topological polar surface area (TPSA) is 106 Å². The number of hydrogen-bond acceptors (Lipinski definition) is 4. The van der Waals surface area contributed by atoms with Crippen molar-refractivity contribution in [3.05, 3.63) is 0 Å². The van der Waals surface area contributed by atoms with Gasteiger partial charge in [0.2, 0.25) is 0 Å². The van der Waals surface area contributed by atoms with Gasteiger partial charge in [-0.15, -0.1) is 0 Å². The monoisotopic (exact) mass is 205 g/mol. The Morgan fingerprint density at radius 3 is 2.17 bits per heavy atom. The van der Waals surface area contributed by atoms with Gasteiger partial charge in [-0.05, 0) is 18.9 Å². The van der Waals surface area contributed by atoms with Crippen molar-refractivity contribution in [1.29, 1.82) is 0 Å². The van der Waals surface area contributed by atoms with E-state index in [0.717, 1.165) is 0 Å². The first-order chi connectivity index (χ1) is 4.89. The second kappa shape index (κ2) is 6.31. The van der Waals surface area contributed by atoms with Crippen molar-refractivity contribution in [3.63, 3.8) is 0 Å². The van der Waals surface area contributed by atoms with Crippen LogP contribution in [0.3, 0.4) is 0 Å². The van der Waals surface area contributed by atoms with Crippen LogP contribution in [0.4, 0.5) is 0 Å². The van der Waals surface area contributed by atoms with Gasteiger partial charge in [-0.25, -0.2) is 0 Å². The molecule has 0 heterocycles. The van der Waals surface area contributed by atoms with Crippen LogP contribution in [0, 0.1) is 5.92 Å². The first-order valence-electron chi connectivity index (χ1n) is 3.31. The minimum Gasteiger partial charge on any atom is -0.330 e. The maximum absolute atomic E-state index is 10.4. The third-order valence-electron chi connectivity index (χ3n) is 1.53. The van der Waals surface area contributed by atoms with Crippen molar-refractivity contribution < 1.29 is 13.0 Å². The van der Waals surface area contributed by atoms with Crippen molar-refractivity contribution in [2.24, 2.45) is 17.4 Å². The summed E-state index contributed by atoms with van der Waals surface area (Å²) in [5, 5.41) is -1.22. The second-order valence-electron chi connectivity index (χ2n) is 2.53. The molecule has 2 unspecified atom stereocenters. The van der Waals surface area contributed by atoms with E-state index >= 15 is 0 Å². The predicted octanol–water partition coefficient (Wildman–Crippen LogP) is -1.24. The molecule has 5 nitrogen and oxygen atoms in total. The van der Waals surface area contributed by atoms with Gasteiger partial charge < -0.3 is 11.5 Å². The van der Waals surface area contributed by atoms with Crippen LogP contribution in [-0.2, 0) is 10.1 Å². The van der Waals surface area contributed by atoms with Gasteiger partial charge in [0.05, 0.1) is 0 Å². The molecule has 5 N–H and O–H groups in total. The first kappa shape index (κ1) is 15.3. The van der Waals surface area contributed by atoms with Crippen LogP contribution in [0.5, 0.6) is 0 Å². The molecular formula is C5H14N2NaO3S. The SMILES string of the molecule is CC(CCN)C(N)S(=O)(=O)O.[Na]. The van der Waals surface area contributed by atoms with Gasteiger partial charge in [0.1, 0.15) is 5.37 Å². The minimum absolute atomic E-state index is 0. The van der Waals surface area contributed by atoms with E-state index in [0.29, 0.717) is 13.0 Å². The summed E-state index contributed by atoms with van der Waals surface area (Å²) in [6, 6.07) is 0. The molecule has 12 heavy (non-hydrogen) atoms. The van der Waals surface area contributed by atoms with Gasteiger partial charge in [0.25, 0.3) is 10.1 Å². The molecule has 0 aromatic carbocycles. The average molecular weight is 205 g/mol. The Labute approximate surface area is 94.9 Å². The molecule has 0 aromatic rings. The summed E-state index contributed by atoms with van der Waals surface area (Å²) in [6.45, 7) is 2.00. The average Bonchev–Trinajstić information content (AvgIpc) is 1.85. The zero-order chi connectivity index (χ0) is 9.07. The molecule has 2 atom stereocenters. The smallest absolute Gasteiger partial charge is 0.281 e. The molecule has 0 aromatic heterocycles. The third-order valence-corrected chi connectivity index (χ3v) is 2.68. The molecule has 0 bridgehead atoms. The fraction of sp³-hybridized carbons (Fsp3) is 1.00. The van der Waals surface area contributed by atoms with E-state index in [1.54, 1.807) is 6.92 Å². The Bertz CT molecular complexity index is 207. The molecule has 7 heteroatoms. The van der Waals surface area contributed by atoms with Gasteiger partial charge in [-0.3, -0.25) is 4.55 Å². The third kappa shape index (κ3) is 5.47. The predicted molar refractivity (Wildman–Crippen MR) is 48.1 cm³/mol. The summed E-state index contributed by atoms with van der Waals surface area (Å²) in [5.74, 6) is -0.310. The quantitative estimate of drug-likeness (QED) is 0.393. The molecule has 0 saturated carbocycles. The van der Waals surface area contributed by atoms with Crippen LogP contribution in [-0.4, -0.2) is 54.4 Å². The normalized spacial score (nSPS) is 16.3. The van der Waals surface area contributed by atoms with E-state index in [1.165, 1.54) is 0 Å². The molecular weight excluding hydrogens is 191 g/mol. The van der Waals surface area contributed by atoms with E-state index < -0.39 is 15.5 Å². The number of rotatable bonds is 4. The van der Waals surface area contributed by atoms with Crippen molar-refractivity contribution in [3.8, 4) is 0 Å². The largest absolute Gasteiger partial charge is 0.330 e. The maximum Gasteiger partial charge on any atom is 0.281 e. The summed E-state index contributed by atoms with van der Waals surface area (Å²) in [6.07, 6.45) is 0.487. The number of hydrogen-bond donors (Lipinski definition) is 3. The van der Waals surface area contributed by atoms with E-state index in [2.05, 4.69) is 0 Å². The minimum atomic E-state index is -4.10. The zero-order valence-electron chi connectivity index (χ0n) is 7.40. The fourth-order valence-electron chi connectivity index (χ4n) is 0.721. The Hall–Kier alpha value is 0.830. The van der Waals surface area contributed by atoms with Crippen LogP contribution in [0.1, 0.15) is 13.3 Å². The Balaban J connectivity index is 0. The fourth-order valence-corrected chi connectivity index (χ4v) is 1.44. The molecule has 1 radical (unpaired) electrons. The van der Waals surface area contributed by atoms with Crippen LogP contribution in [0.25, 0.3) is 0 Å². The second-order valence-corrected chi connectivity index (χ2v) is 4.11. The van der Waals surface area contributed by atoms with E-state index in [-0.39, 0.29) is 35.5 Å². The van der Waals surface area contributed by atoms with Crippen LogP contribution in [0.2, 0.25) is 0 Å². The summed E-state index contributed by atoms with van der Waals surface area (Å²) in [7, 11) is -4.10. The van der Waals surface area contributed by atoms with Crippen molar-refractivity contribution in [1.82, 2.24) is 0 Å². The van der Waals surface area contributed by atoms with Gasteiger partial charge in [-0.2, -0.15) is 8.42 Å². The molecule has 0 aliphatic heterocycles. The maximum atomic E-state index is 10.4. The van der Waals surface area contributed by atoms with E-state index in [9.17, 15) is 8.42 Å². The molecule has 0 aliphatic carbocycles. The molecule has 0 rings (SSSR count). The standard InChI is InChI=1S/C5H14N2O3S.Na/c1-4(2-3-6)5(7)11(8,9)10;/h4-5H,2-3,6-7H2,1H3,(H,8,9,10);. The number of nitrogens with two attached hydrogens (primary N) is 2. The van der Waals surface area contributed by atoms with E-state index in [4.69, 9.17) is 16.0 Å². The molecule has 0 saturated heterocycles. The van der Waals surface area contributed by atoms with E-state index in [1.807, 2.05) is 0 Å². The Morgan fingerprint density at radius 2 is 1.92 bits per heavy atom. The summed E-state index contributed by atoms with van der Waals surface area (Å²) < 4.78 is 29.4. The van der Waals surface area contributed by atoms with Gasteiger partial charge in [0, 0.05) is 29.6 Å². The van der Waals surface area contributed by atoms with Crippen molar-refractivity contribution in [2.45, 2.75) is 18.7 Å². The summed E-state index contributed by atoms with van der Waals surface area (Å²) in [5.41, 5.74) is 10.4. The Kier molecular flexibility index (Phi) is 8.05. The molecule has 69 valence electrons. The zero-order valence-corrected chi connectivity index (χ0v) is 10.2. The van der Waals surface area contributed by atoms with Gasteiger partial charge in [-0.1, -0.05) is 6.92 Å². The van der Waals surface area contributed by atoms with Crippen molar-refractivity contribution >= 4 is 39.7 Å². The van der Waals surface area contributed by atoms with Crippen LogP contribution >= 0.6 is 0 Å². The molecule has 0 aliphatic rings. The van der Waals surface area contributed by atoms with Crippen molar-refractivity contribution in [2.75, 3.05) is 6.54 Å². The summed E-state index contributed by atoms with van der Waals surface area (Å²) >= 11 is 0. The van der Waals surface area contributed by atoms with Crippen LogP contribution < -0.4 is 11.5 Å². The van der Waals surface area contributed by atoms with Gasteiger partial charge >= 0.3 is 0 Å². The van der Waals surface area contributed by atoms with Crippen LogP contribution in [0.15, 0.2) is 0 Å². The van der Waals surface area contributed by atoms with Gasteiger partial charge in [0.15, 0.2) is 0 Å². The molecule has 0 fully saturated rings. The summed E-state index contributed by atoms with van der Waals surface area (Å²) in [4.78, 5) is 0. The first-order valence-corrected chi connectivity index (χ1v) is 4.82. The molecule has 0 spiro atoms.